The van der Waals surface area contributed by atoms with Crippen LogP contribution < -0.4 is 10.1 Å². The summed E-state index contributed by atoms with van der Waals surface area (Å²) in [6.07, 6.45) is 3.15. The molecule has 100 valence electrons. The van der Waals surface area contributed by atoms with Crippen LogP contribution in [0.2, 0.25) is 0 Å². The standard InChI is InChI=1S/C14H15BrN2O2/c1-19-12-7-10(15)6-11(8-12)17-13(18)14(9-16)4-2-3-5-14/h6-8H,2-5H2,1H3,(H,17,18). The molecule has 5 heteroatoms. The molecule has 1 aliphatic carbocycles. The van der Waals surface area contributed by atoms with Crippen molar-refractivity contribution < 1.29 is 9.53 Å². The van der Waals surface area contributed by atoms with Gasteiger partial charge in [0.15, 0.2) is 0 Å². The van der Waals surface area contributed by atoms with Crippen LogP contribution in [0.1, 0.15) is 25.7 Å². The number of rotatable bonds is 3. The van der Waals surface area contributed by atoms with Gasteiger partial charge in [0, 0.05) is 16.2 Å². The van der Waals surface area contributed by atoms with Gasteiger partial charge in [-0.2, -0.15) is 5.26 Å². The lowest BCUT2D eigenvalue weighted by atomic mass is 9.87. The van der Waals surface area contributed by atoms with E-state index in [2.05, 4.69) is 27.3 Å². The van der Waals surface area contributed by atoms with Gasteiger partial charge in [0.25, 0.3) is 0 Å². The summed E-state index contributed by atoms with van der Waals surface area (Å²) >= 11 is 3.36. The van der Waals surface area contributed by atoms with Crippen molar-refractivity contribution in [3.05, 3.63) is 22.7 Å². The van der Waals surface area contributed by atoms with Crippen LogP contribution in [0, 0.1) is 16.7 Å². The molecule has 0 aliphatic heterocycles. The van der Waals surface area contributed by atoms with Crippen molar-refractivity contribution in [2.45, 2.75) is 25.7 Å². The third kappa shape index (κ3) is 2.90. The fourth-order valence-corrected chi connectivity index (χ4v) is 2.84. The maximum Gasteiger partial charge on any atom is 0.244 e. The lowest BCUT2D eigenvalue weighted by Crippen LogP contribution is -2.32. The zero-order valence-electron chi connectivity index (χ0n) is 10.7. The first-order valence-electron chi connectivity index (χ1n) is 6.17. The Kier molecular flexibility index (Phi) is 4.11. The topological polar surface area (TPSA) is 62.1 Å². The number of hydrogen-bond donors (Lipinski definition) is 1. The number of nitrogens with one attached hydrogen (secondary N) is 1. The number of carbonyl (C=O) groups is 1. The maximum absolute atomic E-state index is 12.3. The fraction of sp³-hybridized carbons (Fsp3) is 0.429. The summed E-state index contributed by atoms with van der Waals surface area (Å²) in [7, 11) is 1.57. The van der Waals surface area contributed by atoms with Crippen LogP contribution in [-0.2, 0) is 4.79 Å². The molecule has 19 heavy (non-hydrogen) atoms. The predicted molar refractivity (Wildman–Crippen MR) is 75.8 cm³/mol. The van der Waals surface area contributed by atoms with Gasteiger partial charge >= 0.3 is 0 Å². The Balaban J connectivity index is 2.19. The molecule has 2 rings (SSSR count). The molecular weight excluding hydrogens is 308 g/mol. The van der Waals surface area contributed by atoms with Gasteiger partial charge in [0.2, 0.25) is 5.91 Å². The molecule has 1 saturated carbocycles. The average molecular weight is 323 g/mol. The van der Waals surface area contributed by atoms with Gasteiger partial charge in [-0.25, -0.2) is 0 Å². The fourth-order valence-electron chi connectivity index (χ4n) is 2.37. The van der Waals surface area contributed by atoms with Gasteiger partial charge in [-0.1, -0.05) is 28.8 Å². The Morgan fingerprint density at radius 3 is 2.68 bits per heavy atom. The van der Waals surface area contributed by atoms with Crippen LogP contribution in [0.25, 0.3) is 0 Å². The van der Waals surface area contributed by atoms with Crippen molar-refractivity contribution in [3.8, 4) is 11.8 Å². The predicted octanol–water partition coefficient (Wildman–Crippen LogP) is 3.48. The minimum absolute atomic E-state index is 0.215. The summed E-state index contributed by atoms with van der Waals surface area (Å²) in [5.41, 5.74) is -0.229. The maximum atomic E-state index is 12.3. The minimum Gasteiger partial charge on any atom is -0.497 e. The molecule has 1 amide bonds. The van der Waals surface area contributed by atoms with Gasteiger partial charge in [-0.3, -0.25) is 4.79 Å². The number of hydrogen-bond acceptors (Lipinski definition) is 3. The first kappa shape index (κ1) is 13.9. The van der Waals surface area contributed by atoms with Crippen LogP contribution in [0.3, 0.4) is 0 Å². The van der Waals surface area contributed by atoms with E-state index in [0.29, 0.717) is 24.3 Å². The summed E-state index contributed by atoms with van der Waals surface area (Å²) in [5, 5.41) is 12.1. The smallest absolute Gasteiger partial charge is 0.244 e. The van der Waals surface area contributed by atoms with E-state index in [1.807, 2.05) is 6.07 Å². The number of carbonyl (C=O) groups excluding carboxylic acids is 1. The van der Waals surface area contributed by atoms with Crippen molar-refractivity contribution >= 4 is 27.5 Å². The third-order valence-electron chi connectivity index (χ3n) is 3.47. The van der Waals surface area contributed by atoms with E-state index in [1.165, 1.54) is 0 Å². The number of halogens is 1. The SMILES string of the molecule is COc1cc(Br)cc(NC(=O)C2(C#N)CCCC2)c1. The van der Waals surface area contributed by atoms with Crippen molar-refractivity contribution in [1.82, 2.24) is 0 Å². The number of methoxy groups -OCH3 is 1. The van der Waals surface area contributed by atoms with Gasteiger partial charge in [-0.15, -0.1) is 0 Å². The minimum atomic E-state index is -0.866. The quantitative estimate of drug-likeness (QED) is 0.926. The zero-order valence-corrected chi connectivity index (χ0v) is 12.3. The number of nitriles is 1. The molecule has 0 bridgehead atoms. The van der Waals surface area contributed by atoms with Crippen LogP contribution in [0.4, 0.5) is 5.69 Å². The highest BCUT2D eigenvalue weighted by Crippen LogP contribution is 2.38. The summed E-state index contributed by atoms with van der Waals surface area (Å²) < 4.78 is 5.97. The Bertz CT molecular complexity index is 531. The molecule has 0 aromatic heterocycles. The molecule has 1 N–H and O–H groups in total. The Morgan fingerprint density at radius 1 is 1.42 bits per heavy atom. The number of amides is 1. The second-order valence-electron chi connectivity index (χ2n) is 4.73. The van der Waals surface area contributed by atoms with E-state index in [-0.39, 0.29) is 5.91 Å². The summed E-state index contributed by atoms with van der Waals surface area (Å²) in [4.78, 5) is 12.3. The van der Waals surface area contributed by atoms with E-state index >= 15 is 0 Å². The molecule has 4 nitrogen and oxygen atoms in total. The van der Waals surface area contributed by atoms with E-state index in [1.54, 1.807) is 19.2 Å². The second kappa shape index (κ2) is 5.62. The highest BCUT2D eigenvalue weighted by Gasteiger charge is 2.41. The number of benzene rings is 1. The lowest BCUT2D eigenvalue weighted by Gasteiger charge is -2.19. The van der Waals surface area contributed by atoms with Crippen molar-refractivity contribution in [2.24, 2.45) is 5.41 Å². The van der Waals surface area contributed by atoms with Crippen molar-refractivity contribution in [2.75, 3.05) is 12.4 Å². The molecule has 0 unspecified atom stereocenters. The average Bonchev–Trinajstić information content (AvgIpc) is 2.88. The summed E-state index contributed by atoms with van der Waals surface area (Å²) in [6, 6.07) is 7.53. The first-order valence-corrected chi connectivity index (χ1v) is 6.96. The Labute approximate surface area is 120 Å². The summed E-state index contributed by atoms with van der Waals surface area (Å²) in [6.45, 7) is 0. The van der Waals surface area contributed by atoms with E-state index in [4.69, 9.17) is 4.74 Å². The van der Waals surface area contributed by atoms with E-state index < -0.39 is 5.41 Å². The Hall–Kier alpha value is -1.54. The van der Waals surface area contributed by atoms with E-state index in [0.717, 1.165) is 17.3 Å². The zero-order chi connectivity index (χ0) is 13.9. The second-order valence-corrected chi connectivity index (χ2v) is 5.65. The highest BCUT2D eigenvalue weighted by molar-refractivity contribution is 9.10. The number of ether oxygens (including phenoxy) is 1. The molecule has 1 aliphatic rings. The molecule has 1 fully saturated rings. The third-order valence-corrected chi connectivity index (χ3v) is 3.93. The van der Waals surface area contributed by atoms with Gasteiger partial charge in [0.1, 0.15) is 11.2 Å². The van der Waals surface area contributed by atoms with Gasteiger partial charge in [0.05, 0.1) is 13.2 Å². The molecule has 0 atom stereocenters. The number of anilines is 1. The highest BCUT2D eigenvalue weighted by atomic mass is 79.9. The van der Waals surface area contributed by atoms with Gasteiger partial charge in [-0.05, 0) is 25.0 Å². The monoisotopic (exact) mass is 322 g/mol. The van der Waals surface area contributed by atoms with Crippen LogP contribution in [0.15, 0.2) is 22.7 Å². The molecule has 0 spiro atoms. The summed E-state index contributed by atoms with van der Waals surface area (Å²) in [5.74, 6) is 0.440. The van der Waals surface area contributed by atoms with Crippen LogP contribution in [-0.4, -0.2) is 13.0 Å². The molecule has 0 saturated heterocycles. The number of nitrogens with zero attached hydrogens (tertiary/aromatic N) is 1. The first-order chi connectivity index (χ1) is 9.09. The molecule has 0 heterocycles. The molecular formula is C14H15BrN2O2. The van der Waals surface area contributed by atoms with Crippen molar-refractivity contribution in [1.29, 1.82) is 5.26 Å². The van der Waals surface area contributed by atoms with Crippen LogP contribution in [0.5, 0.6) is 5.75 Å². The lowest BCUT2D eigenvalue weighted by molar-refractivity contribution is -0.122. The molecule has 0 radical (unpaired) electrons. The molecule has 1 aromatic rings. The molecule has 1 aromatic carbocycles. The van der Waals surface area contributed by atoms with Crippen LogP contribution >= 0.6 is 15.9 Å². The largest absolute Gasteiger partial charge is 0.497 e. The Morgan fingerprint density at radius 2 is 2.11 bits per heavy atom. The normalized spacial score (nSPS) is 16.7. The van der Waals surface area contributed by atoms with Crippen molar-refractivity contribution in [3.63, 3.8) is 0 Å². The van der Waals surface area contributed by atoms with E-state index in [9.17, 15) is 10.1 Å². The van der Waals surface area contributed by atoms with Gasteiger partial charge < -0.3 is 10.1 Å².